The van der Waals surface area contributed by atoms with Gasteiger partial charge in [-0.05, 0) is 6.07 Å². The predicted molar refractivity (Wildman–Crippen MR) is 84.5 cm³/mol. The molecule has 9 nitrogen and oxygen atoms in total. The average Bonchev–Trinajstić information content (AvgIpc) is 2.74. The van der Waals surface area contributed by atoms with Crippen LogP contribution in [0.2, 0.25) is 0 Å². The second-order valence-electron chi connectivity index (χ2n) is 4.65. The summed E-state index contributed by atoms with van der Waals surface area (Å²) in [5.41, 5.74) is 12.8. The Morgan fingerprint density at radius 2 is 2.10 bits per heavy atom. The summed E-state index contributed by atoms with van der Waals surface area (Å²) in [5.74, 6) is 0.927. The molecule has 112 valence electrons. The van der Waals surface area contributed by atoms with Gasteiger partial charge < -0.3 is 21.5 Å². The number of pyridine rings is 1. The van der Waals surface area contributed by atoms with Gasteiger partial charge in [0.15, 0.2) is 17.5 Å². The standard InChI is InChI=1S/C12H18N8O/c1-19(2)12-8(14)5-7(13)11(18-12)17-9-6-16-20(3-4-21)10(9)15/h5-6,15,21H,3-4,13-14H2,1-2H3. The number of aliphatic hydroxyl groups excluding tert-OH is 1. The first-order valence-corrected chi connectivity index (χ1v) is 6.27. The van der Waals surface area contributed by atoms with E-state index in [1.54, 1.807) is 11.0 Å². The van der Waals surface area contributed by atoms with Gasteiger partial charge in [-0.1, -0.05) is 0 Å². The number of amidine groups is 1. The SMILES string of the molecule is CN(C)c1nc(N=C2C=NN(CCO)C2=N)c(N)cc1N. The highest BCUT2D eigenvalue weighted by Gasteiger charge is 2.20. The number of nitrogens with one attached hydrogen (secondary N) is 1. The molecule has 0 fully saturated rings. The first-order chi connectivity index (χ1) is 9.93. The number of aliphatic hydroxyl groups is 1. The molecule has 1 aliphatic rings. The summed E-state index contributed by atoms with van der Waals surface area (Å²) in [4.78, 5) is 10.3. The number of aromatic nitrogens is 1. The lowest BCUT2D eigenvalue weighted by Gasteiger charge is -2.15. The average molecular weight is 290 g/mol. The van der Waals surface area contributed by atoms with Crippen LogP contribution in [0.3, 0.4) is 0 Å². The number of rotatable bonds is 4. The van der Waals surface area contributed by atoms with E-state index in [2.05, 4.69) is 15.1 Å². The fourth-order valence-corrected chi connectivity index (χ4v) is 1.81. The van der Waals surface area contributed by atoms with Crippen LogP contribution in [0, 0.1) is 5.41 Å². The number of nitrogen functional groups attached to an aromatic ring is 2. The van der Waals surface area contributed by atoms with Crippen LogP contribution in [0.5, 0.6) is 0 Å². The minimum atomic E-state index is -0.0972. The summed E-state index contributed by atoms with van der Waals surface area (Å²) in [5, 5.41) is 22.1. The van der Waals surface area contributed by atoms with E-state index in [0.717, 1.165) is 0 Å². The van der Waals surface area contributed by atoms with E-state index < -0.39 is 0 Å². The summed E-state index contributed by atoms with van der Waals surface area (Å²) < 4.78 is 0. The van der Waals surface area contributed by atoms with E-state index in [4.69, 9.17) is 22.0 Å². The molecule has 2 heterocycles. The van der Waals surface area contributed by atoms with Crippen molar-refractivity contribution in [3.05, 3.63) is 6.07 Å². The first-order valence-electron chi connectivity index (χ1n) is 6.27. The molecule has 0 aromatic carbocycles. The summed E-state index contributed by atoms with van der Waals surface area (Å²) in [6.45, 7) is 0.141. The smallest absolute Gasteiger partial charge is 0.178 e. The van der Waals surface area contributed by atoms with Gasteiger partial charge >= 0.3 is 0 Å². The molecule has 0 saturated heterocycles. The number of hydrogen-bond donors (Lipinski definition) is 4. The van der Waals surface area contributed by atoms with Crippen LogP contribution in [0.25, 0.3) is 0 Å². The fraction of sp³-hybridized carbons (Fsp3) is 0.333. The largest absolute Gasteiger partial charge is 0.396 e. The lowest BCUT2D eigenvalue weighted by Crippen LogP contribution is -2.28. The molecule has 0 radical (unpaired) electrons. The molecule has 2 rings (SSSR count). The summed E-state index contributed by atoms with van der Waals surface area (Å²) in [7, 11) is 3.63. The number of nitrogens with zero attached hydrogens (tertiary/aromatic N) is 5. The Labute approximate surface area is 122 Å². The Morgan fingerprint density at radius 3 is 2.71 bits per heavy atom. The Morgan fingerprint density at radius 1 is 1.38 bits per heavy atom. The van der Waals surface area contributed by atoms with Gasteiger partial charge in [0.25, 0.3) is 0 Å². The van der Waals surface area contributed by atoms with Crippen LogP contribution in [0.15, 0.2) is 16.2 Å². The third-order valence-corrected chi connectivity index (χ3v) is 2.82. The van der Waals surface area contributed by atoms with Crippen LogP contribution in [0.1, 0.15) is 0 Å². The molecule has 9 heteroatoms. The normalized spacial score (nSPS) is 16.0. The molecule has 1 aliphatic heterocycles. The third-order valence-electron chi connectivity index (χ3n) is 2.82. The van der Waals surface area contributed by atoms with Gasteiger partial charge in [-0.2, -0.15) is 5.10 Å². The molecule has 0 bridgehead atoms. The number of hydrazone groups is 1. The Hall–Kier alpha value is -2.68. The molecule has 1 aromatic rings. The van der Waals surface area contributed by atoms with Crippen LogP contribution in [-0.4, -0.2) is 60.1 Å². The number of hydrogen-bond acceptors (Lipinski definition) is 8. The summed E-state index contributed by atoms with van der Waals surface area (Å²) in [6.07, 6.45) is 1.44. The van der Waals surface area contributed by atoms with E-state index in [1.165, 1.54) is 11.2 Å². The minimum absolute atomic E-state index is 0.0912. The van der Waals surface area contributed by atoms with Crippen molar-refractivity contribution in [2.45, 2.75) is 0 Å². The topological polar surface area (TPSA) is 140 Å². The molecule has 6 N–H and O–H groups in total. The van der Waals surface area contributed by atoms with E-state index in [-0.39, 0.29) is 24.8 Å². The molecule has 0 amide bonds. The molecule has 0 spiro atoms. The lowest BCUT2D eigenvalue weighted by atomic mass is 10.3. The molecule has 21 heavy (non-hydrogen) atoms. The van der Waals surface area contributed by atoms with E-state index >= 15 is 0 Å². The van der Waals surface area contributed by atoms with Crippen molar-refractivity contribution in [3.63, 3.8) is 0 Å². The van der Waals surface area contributed by atoms with Crippen LogP contribution >= 0.6 is 0 Å². The van der Waals surface area contributed by atoms with Gasteiger partial charge in [-0.15, -0.1) is 0 Å². The minimum Gasteiger partial charge on any atom is -0.396 e. The van der Waals surface area contributed by atoms with Crippen molar-refractivity contribution in [3.8, 4) is 0 Å². The fourth-order valence-electron chi connectivity index (χ4n) is 1.81. The summed E-state index contributed by atoms with van der Waals surface area (Å²) >= 11 is 0. The maximum Gasteiger partial charge on any atom is 0.178 e. The maximum absolute atomic E-state index is 8.89. The Bertz CT molecular complexity index is 622. The van der Waals surface area contributed by atoms with E-state index in [0.29, 0.717) is 22.9 Å². The van der Waals surface area contributed by atoms with Gasteiger partial charge in [-0.25, -0.2) is 15.0 Å². The van der Waals surface area contributed by atoms with Gasteiger partial charge in [0.2, 0.25) is 0 Å². The van der Waals surface area contributed by atoms with Gasteiger partial charge in [0.05, 0.1) is 30.7 Å². The quantitative estimate of drug-likeness (QED) is 0.597. The van der Waals surface area contributed by atoms with Crippen molar-refractivity contribution in [1.82, 2.24) is 9.99 Å². The zero-order valence-electron chi connectivity index (χ0n) is 11.9. The van der Waals surface area contributed by atoms with Gasteiger partial charge in [0.1, 0.15) is 5.71 Å². The second kappa shape index (κ2) is 5.75. The van der Waals surface area contributed by atoms with Crippen molar-refractivity contribution in [2.24, 2.45) is 10.1 Å². The van der Waals surface area contributed by atoms with E-state index in [9.17, 15) is 0 Å². The maximum atomic E-state index is 8.89. The predicted octanol–water partition coefficient (Wildman–Crippen LogP) is -0.345. The number of aliphatic imine (C=N–C) groups is 1. The molecule has 1 aromatic heterocycles. The first kappa shape index (κ1) is 14.7. The number of β-amino-alcohol motifs (C(OH)–C–C–N with tert-alkyl or cyclic N) is 1. The molecular formula is C12H18N8O. The van der Waals surface area contributed by atoms with Crippen molar-refractivity contribution in [1.29, 1.82) is 5.41 Å². The second-order valence-corrected chi connectivity index (χ2v) is 4.65. The number of nitrogens with two attached hydrogens (primary N) is 2. The molecule has 0 saturated carbocycles. The van der Waals surface area contributed by atoms with E-state index in [1.807, 2.05) is 14.1 Å². The monoisotopic (exact) mass is 290 g/mol. The lowest BCUT2D eigenvalue weighted by molar-refractivity contribution is 0.255. The molecular weight excluding hydrogens is 272 g/mol. The summed E-state index contributed by atoms with van der Waals surface area (Å²) in [6, 6.07) is 1.59. The highest BCUT2D eigenvalue weighted by molar-refractivity contribution is 6.63. The highest BCUT2D eigenvalue weighted by Crippen LogP contribution is 2.29. The van der Waals surface area contributed by atoms with Gasteiger partial charge in [0, 0.05) is 14.1 Å². The van der Waals surface area contributed by atoms with Crippen molar-refractivity contribution >= 4 is 40.8 Å². The van der Waals surface area contributed by atoms with Gasteiger partial charge in [-0.3, -0.25) is 5.41 Å². The number of anilines is 3. The van der Waals surface area contributed by atoms with Crippen molar-refractivity contribution in [2.75, 3.05) is 43.6 Å². The highest BCUT2D eigenvalue weighted by atomic mass is 16.3. The molecule has 0 atom stereocenters. The third kappa shape index (κ3) is 2.92. The Balaban J connectivity index is 2.36. The van der Waals surface area contributed by atoms with Crippen LogP contribution in [-0.2, 0) is 0 Å². The zero-order valence-corrected chi connectivity index (χ0v) is 11.9. The van der Waals surface area contributed by atoms with Crippen LogP contribution < -0.4 is 16.4 Å². The molecule has 0 unspecified atom stereocenters. The zero-order chi connectivity index (χ0) is 15.6. The van der Waals surface area contributed by atoms with Crippen LogP contribution in [0.4, 0.5) is 23.0 Å². The van der Waals surface area contributed by atoms with Crippen molar-refractivity contribution < 1.29 is 5.11 Å². The molecule has 0 aliphatic carbocycles. The Kier molecular flexibility index (Phi) is 4.03.